The number of para-hydroxylation sites is 1. The molecule has 0 atom stereocenters. The van der Waals surface area contributed by atoms with Gasteiger partial charge in [0.2, 0.25) is 0 Å². The molecule has 0 saturated carbocycles. The van der Waals surface area contributed by atoms with Gasteiger partial charge in [-0.15, -0.1) is 0 Å². The van der Waals surface area contributed by atoms with Crippen LogP contribution in [0.15, 0.2) is 48.5 Å². The first-order valence-corrected chi connectivity index (χ1v) is 5.67. The molecule has 0 aliphatic heterocycles. The summed E-state index contributed by atoms with van der Waals surface area (Å²) in [6, 6.07) is 12.2. The third-order valence-electron chi connectivity index (χ3n) is 2.33. The zero-order valence-corrected chi connectivity index (χ0v) is 10.3. The van der Waals surface area contributed by atoms with E-state index in [-0.39, 0.29) is 16.3 Å². The number of carbonyl (C=O) groups is 1. The molecule has 0 heterocycles. The molecule has 2 rings (SSSR count). The zero-order valence-electron chi connectivity index (χ0n) is 9.58. The Kier molecular flexibility index (Phi) is 3.77. The molecule has 5 nitrogen and oxygen atoms in total. The number of hydrogen-bond donors (Lipinski definition) is 0. The summed E-state index contributed by atoms with van der Waals surface area (Å²) in [5.41, 5.74) is -0.260. The highest BCUT2D eigenvalue weighted by atomic mass is 35.5. The van der Waals surface area contributed by atoms with Gasteiger partial charge >= 0.3 is 5.97 Å². The van der Waals surface area contributed by atoms with Crippen LogP contribution in [0.1, 0.15) is 10.4 Å². The molecule has 0 unspecified atom stereocenters. The van der Waals surface area contributed by atoms with Crippen molar-refractivity contribution in [2.75, 3.05) is 0 Å². The number of nitrogens with zero attached hydrogens (tertiary/aromatic N) is 1. The van der Waals surface area contributed by atoms with Crippen LogP contribution in [-0.2, 0) is 0 Å². The Morgan fingerprint density at radius 1 is 1.16 bits per heavy atom. The molecule has 0 aromatic heterocycles. The zero-order chi connectivity index (χ0) is 13.8. The van der Waals surface area contributed by atoms with Gasteiger partial charge < -0.3 is 4.74 Å². The number of benzene rings is 2. The van der Waals surface area contributed by atoms with Gasteiger partial charge in [0.25, 0.3) is 5.69 Å². The predicted octanol–water partition coefficient (Wildman–Crippen LogP) is 3.47. The first-order chi connectivity index (χ1) is 9.08. The number of nitro benzene ring substituents is 1. The Hall–Kier alpha value is -2.40. The SMILES string of the molecule is O=C(Oc1ccccc1)c1ccc(Cl)c([N+](=O)[O-])c1. The highest BCUT2D eigenvalue weighted by Gasteiger charge is 2.17. The van der Waals surface area contributed by atoms with Crippen LogP contribution in [-0.4, -0.2) is 10.9 Å². The third-order valence-corrected chi connectivity index (χ3v) is 2.65. The highest BCUT2D eigenvalue weighted by Crippen LogP contribution is 2.25. The van der Waals surface area contributed by atoms with E-state index >= 15 is 0 Å². The van der Waals surface area contributed by atoms with Gasteiger partial charge in [0.15, 0.2) is 0 Å². The lowest BCUT2D eigenvalue weighted by molar-refractivity contribution is -0.384. The first kappa shape index (κ1) is 13.0. The van der Waals surface area contributed by atoms with E-state index in [1.54, 1.807) is 30.3 Å². The highest BCUT2D eigenvalue weighted by molar-refractivity contribution is 6.32. The molecule has 0 N–H and O–H groups in total. The maximum atomic E-state index is 11.8. The van der Waals surface area contributed by atoms with Crippen molar-refractivity contribution >= 4 is 23.3 Å². The van der Waals surface area contributed by atoms with Gasteiger partial charge in [-0.1, -0.05) is 29.8 Å². The number of ether oxygens (including phenoxy) is 1. The van der Waals surface area contributed by atoms with Crippen LogP contribution in [0.3, 0.4) is 0 Å². The van der Waals surface area contributed by atoms with Gasteiger partial charge in [-0.05, 0) is 24.3 Å². The summed E-state index contributed by atoms with van der Waals surface area (Å²) in [4.78, 5) is 21.9. The molecule has 2 aromatic carbocycles. The van der Waals surface area contributed by atoms with Crippen molar-refractivity contribution in [3.05, 3.63) is 69.2 Å². The minimum Gasteiger partial charge on any atom is -0.423 e. The molecule has 0 spiro atoms. The van der Waals surface area contributed by atoms with E-state index in [9.17, 15) is 14.9 Å². The van der Waals surface area contributed by atoms with Gasteiger partial charge in [-0.25, -0.2) is 4.79 Å². The Bertz CT molecular complexity index is 628. The van der Waals surface area contributed by atoms with Crippen LogP contribution in [0, 0.1) is 10.1 Å². The summed E-state index contributed by atoms with van der Waals surface area (Å²) >= 11 is 5.66. The lowest BCUT2D eigenvalue weighted by Gasteiger charge is -2.04. The molecular weight excluding hydrogens is 270 g/mol. The van der Waals surface area contributed by atoms with E-state index in [1.165, 1.54) is 12.1 Å². The second-order valence-corrected chi connectivity index (χ2v) is 4.03. The van der Waals surface area contributed by atoms with Crippen LogP contribution in [0.25, 0.3) is 0 Å². The number of esters is 1. The second kappa shape index (κ2) is 5.49. The van der Waals surface area contributed by atoms with E-state index in [2.05, 4.69) is 0 Å². The molecule has 2 aromatic rings. The number of nitro groups is 1. The summed E-state index contributed by atoms with van der Waals surface area (Å²) in [5.74, 6) is -0.309. The fourth-order valence-electron chi connectivity index (χ4n) is 1.43. The maximum absolute atomic E-state index is 11.8. The van der Waals surface area contributed by atoms with Gasteiger partial charge in [-0.2, -0.15) is 0 Å². The fraction of sp³-hybridized carbons (Fsp3) is 0. The van der Waals surface area contributed by atoms with Crippen molar-refractivity contribution in [2.45, 2.75) is 0 Å². The molecule has 0 saturated heterocycles. The normalized spacial score (nSPS) is 9.95. The third kappa shape index (κ3) is 3.08. The van der Waals surface area contributed by atoms with Crippen LogP contribution >= 0.6 is 11.6 Å². The number of carbonyl (C=O) groups excluding carboxylic acids is 1. The Balaban J connectivity index is 2.25. The predicted molar refractivity (Wildman–Crippen MR) is 69.5 cm³/mol. The van der Waals surface area contributed by atoms with E-state index in [4.69, 9.17) is 16.3 Å². The minimum atomic E-state index is -0.675. The van der Waals surface area contributed by atoms with Gasteiger partial charge in [0.1, 0.15) is 10.8 Å². The van der Waals surface area contributed by atoms with Crippen LogP contribution in [0.4, 0.5) is 5.69 Å². The average Bonchev–Trinajstić information content (AvgIpc) is 2.40. The van der Waals surface area contributed by atoms with Gasteiger partial charge in [0, 0.05) is 6.07 Å². The van der Waals surface area contributed by atoms with Crippen molar-refractivity contribution in [1.29, 1.82) is 0 Å². The number of halogens is 1. The monoisotopic (exact) mass is 277 g/mol. The van der Waals surface area contributed by atoms with E-state index in [0.29, 0.717) is 5.75 Å². The Morgan fingerprint density at radius 3 is 2.47 bits per heavy atom. The minimum absolute atomic E-state index is 0.0266. The molecule has 6 heteroatoms. The van der Waals surface area contributed by atoms with Crippen molar-refractivity contribution in [3.8, 4) is 5.75 Å². The summed E-state index contributed by atoms with van der Waals surface area (Å²) in [6.07, 6.45) is 0. The molecule has 0 fully saturated rings. The quantitative estimate of drug-likeness (QED) is 0.373. The molecule has 0 bridgehead atoms. The van der Waals surface area contributed by atoms with Crippen molar-refractivity contribution in [3.63, 3.8) is 0 Å². The van der Waals surface area contributed by atoms with E-state index < -0.39 is 10.9 Å². The number of rotatable bonds is 3. The smallest absolute Gasteiger partial charge is 0.343 e. The van der Waals surface area contributed by atoms with Crippen molar-refractivity contribution in [2.24, 2.45) is 0 Å². The second-order valence-electron chi connectivity index (χ2n) is 3.63. The molecule has 19 heavy (non-hydrogen) atoms. The average molecular weight is 278 g/mol. The largest absolute Gasteiger partial charge is 0.423 e. The standard InChI is InChI=1S/C13H8ClNO4/c14-11-7-6-9(8-12(11)15(17)18)13(16)19-10-4-2-1-3-5-10/h1-8H. The van der Waals surface area contributed by atoms with E-state index in [0.717, 1.165) is 6.07 Å². The van der Waals surface area contributed by atoms with Gasteiger partial charge in [0.05, 0.1) is 10.5 Å². The van der Waals surface area contributed by atoms with Crippen LogP contribution < -0.4 is 4.74 Å². The van der Waals surface area contributed by atoms with E-state index in [1.807, 2.05) is 0 Å². The molecule has 0 amide bonds. The maximum Gasteiger partial charge on any atom is 0.343 e. The molecule has 0 aliphatic rings. The van der Waals surface area contributed by atoms with Gasteiger partial charge in [-0.3, -0.25) is 10.1 Å². The number of hydrogen-bond acceptors (Lipinski definition) is 4. The van der Waals surface area contributed by atoms with Crippen molar-refractivity contribution < 1.29 is 14.5 Å². The molecule has 0 aliphatic carbocycles. The fourth-order valence-corrected chi connectivity index (χ4v) is 1.62. The molecular formula is C13H8ClNO4. The lowest BCUT2D eigenvalue weighted by atomic mass is 10.2. The summed E-state index contributed by atoms with van der Waals surface area (Å²) in [6.45, 7) is 0. The molecule has 0 radical (unpaired) electrons. The lowest BCUT2D eigenvalue weighted by Crippen LogP contribution is -2.08. The summed E-state index contributed by atoms with van der Waals surface area (Å²) in [7, 11) is 0. The van der Waals surface area contributed by atoms with Crippen molar-refractivity contribution in [1.82, 2.24) is 0 Å². The molecule has 96 valence electrons. The van der Waals surface area contributed by atoms with Crippen LogP contribution in [0.5, 0.6) is 5.75 Å². The Morgan fingerprint density at radius 2 is 1.84 bits per heavy atom. The first-order valence-electron chi connectivity index (χ1n) is 5.29. The topological polar surface area (TPSA) is 69.4 Å². The summed E-state index contributed by atoms with van der Waals surface area (Å²) in [5, 5.41) is 10.7. The Labute approximate surface area is 113 Å². The van der Waals surface area contributed by atoms with Crippen LogP contribution in [0.2, 0.25) is 5.02 Å². The summed E-state index contributed by atoms with van der Waals surface area (Å²) < 4.78 is 5.07.